The molecule has 0 saturated carbocycles. The predicted octanol–water partition coefficient (Wildman–Crippen LogP) is 5.18. The van der Waals surface area contributed by atoms with Crippen LogP contribution in [0.3, 0.4) is 0 Å². The van der Waals surface area contributed by atoms with Crippen LogP contribution in [0, 0.1) is 0 Å². The van der Waals surface area contributed by atoms with Gasteiger partial charge in [0, 0.05) is 53.2 Å². The second-order valence-corrected chi connectivity index (χ2v) is 24.5. The molecule has 0 bridgehead atoms. The third-order valence-corrected chi connectivity index (χ3v) is 18.7. The molecule has 0 N–H and O–H groups in total. The van der Waals surface area contributed by atoms with Crippen LogP contribution in [0.1, 0.15) is 13.8 Å². The van der Waals surface area contributed by atoms with E-state index in [9.17, 15) is 9.59 Å². The molecule has 11 heteroatoms. The van der Waals surface area contributed by atoms with Gasteiger partial charge in [-0.15, -0.1) is 0 Å². The molecule has 0 aliphatic rings. The molecule has 0 aliphatic heterocycles. The van der Waals surface area contributed by atoms with Crippen LogP contribution in [-0.2, 0) is 37.1 Å². The first-order chi connectivity index (χ1) is 18.7. The zero-order valence-corrected chi connectivity index (χ0v) is 28.8. The molecule has 226 valence electrons. The van der Waals surface area contributed by atoms with Crippen LogP contribution in [0.2, 0.25) is 49.9 Å². The quantitative estimate of drug-likeness (QED) is 0.0864. The van der Waals surface area contributed by atoms with Crippen molar-refractivity contribution in [2.45, 2.75) is 69.8 Å². The average molecular weight is 611 g/mol. The van der Waals surface area contributed by atoms with Gasteiger partial charge in [0.05, 0.1) is 14.7 Å². The Morgan fingerprint density at radius 2 is 1.32 bits per heavy atom. The van der Waals surface area contributed by atoms with Gasteiger partial charge in [-0.05, 0) is 19.9 Å². The maximum absolute atomic E-state index is 12.1. The molecule has 0 radical (unpaired) electrons. The Morgan fingerprint density at radius 3 is 1.85 bits per heavy atom. The monoisotopic (exact) mass is 610 g/mol. The third-order valence-electron chi connectivity index (χ3n) is 7.34. The molecule has 0 heterocycles. The first kappa shape index (κ1) is 36.2. The summed E-state index contributed by atoms with van der Waals surface area (Å²) in [6, 6.07) is 15.8. The number of carbonyl (C=O) groups is 2. The van der Waals surface area contributed by atoms with Crippen molar-refractivity contribution < 1.29 is 37.1 Å². The lowest BCUT2D eigenvalue weighted by Crippen LogP contribution is -2.48. The molecule has 0 amide bonds. The summed E-state index contributed by atoms with van der Waals surface area (Å²) in [5.74, 6) is -1.08. The van der Waals surface area contributed by atoms with Gasteiger partial charge in [0.15, 0.2) is 6.10 Å². The number of benzene rings is 1. The highest BCUT2D eigenvalue weighted by atomic mass is 28.4. The van der Waals surface area contributed by atoms with Crippen LogP contribution >= 0.6 is 0 Å². The van der Waals surface area contributed by atoms with E-state index in [1.165, 1.54) is 11.2 Å². The van der Waals surface area contributed by atoms with Gasteiger partial charge >= 0.3 is 20.7 Å². The number of rotatable bonds is 20. The van der Waals surface area contributed by atoms with Crippen LogP contribution in [0.5, 0.6) is 0 Å². The maximum Gasteiger partial charge on any atom is 0.499 e. The standard InChI is InChI=1S/C29H50O8Si3/c1-24(2)28(30)36-23-26(37-29(31)25(3)4)22-35-16-17-39(10,27-14-12-11-13-15-27)20-18-38(8,9)19-21-40(32-5,33-6)34-7/h11-15,26H,1,3,16-23H2,2,4-10H3. The first-order valence-electron chi connectivity index (χ1n) is 13.7. The molecular formula is C29H50O8Si3. The Labute approximate surface area is 244 Å². The lowest BCUT2D eigenvalue weighted by atomic mass is 10.3. The SMILES string of the molecule is C=C(C)C(=O)OCC(COCC[Si](C)(CC[Si](C)(C)CC[Si](OC)(OC)OC)c1ccccc1)OC(=O)C(=C)C. The molecule has 40 heavy (non-hydrogen) atoms. The zero-order valence-electron chi connectivity index (χ0n) is 25.8. The number of hydrogen-bond acceptors (Lipinski definition) is 8. The van der Waals surface area contributed by atoms with E-state index in [1.54, 1.807) is 35.2 Å². The van der Waals surface area contributed by atoms with E-state index < -0.39 is 43.0 Å². The van der Waals surface area contributed by atoms with E-state index in [2.05, 4.69) is 57.1 Å². The number of esters is 2. The van der Waals surface area contributed by atoms with E-state index >= 15 is 0 Å². The summed E-state index contributed by atoms with van der Waals surface area (Å²) >= 11 is 0. The van der Waals surface area contributed by atoms with E-state index in [0.29, 0.717) is 6.61 Å². The normalized spacial score (nSPS) is 14.2. The van der Waals surface area contributed by atoms with Crippen LogP contribution in [0.25, 0.3) is 0 Å². The van der Waals surface area contributed by atoms with Crippen molar-refractivity contribution in [1.29, 1.82) is 0 Å². The second-order valence-electron chi connectivity index (χ2n) is 11.4. The molecule has 0 saturated heterocycles. The van der Waals surface area contributed by atoms with Crippen molar-refractivity contribution in [2.75, 3.05) is 41.2 Å². The number of ether oxygens (including phenoxy) is 3. The summed E-state index contributed by atoms with van der Waals surface area (Å²) in [5, 5.41) is 1.40. The van der Waals surface area contributed by atoms with Gasteiger partial charge in [-0.3, -0.25) is 0 Å². The summed E-state index contributed by atoms with van der Waals surface area (Å²) in [6.07, 6.45) is -0.727. The molecule has 1 aromatic carbocycles. The van der Waals surface area contributed by atoms with Crippen LogP contribution in [0.4, 0.5) is 0 Å². The number of hydrogen-bond donors (Lipinski definition) is 0. The fourth-order valence-electron chi connectivity index (χ4n) is 4.21. The Bertz CT molecular complexity index is 957. The lowest BCUT2D eigenvalue weighted by Gasteiger charge is -2.33. The summed E-state index contributed by atoms with van der Waals surface area (Å²) in [6.45, 7) is 18.2. The minimum atomic E-state index is -2.59. The summed E-state index contributed by atoms with van der Waals surface area (Å²) < 4.78 is 33.7. The zero-order chi connectivity index (χ0) is 30.4. The molecule has 1 aromatic rings. The van der Waals surface area contributed by atoms with Crippen molar-refractivity contribution in [1.82, 2.24) is 0 Å². The minimum Gasteiger partial charge on any atom is -0.458 e. The molecule has 0 aromatic heterocycles. The molecule has 0 aliphatic carbocycles. The molecular weight excluding hydrogens is 561 g/mol. The first-order valence-corrected chi connectivity index (χ1v) is 22.0. The van der Waals surface area contributed by atoms with Gasteiger partial charge < -0.3 is 27.5 Å². The van der Waals surface area contributed by atoms with Gasteiger partial charge in [-0.25, -0.2) is 9.59 Å². The van der Waals surface area contributed by atoms with Crippen molar-refractivity contribution in [2.24, 2.45) is 0 Å². The third kappa shape index (κ3) is 12.3. The molecule has 8 nitrogen and oxygen atoms in total. The van der Waals surface area contributed by atoms with Gasteiger partial charge in [-0.2, -0.15) is 0 Å². The van der Waals surface area contributed by atoms with E-state index in [1.807, 2.05) is 6.07 Å². The van der Waals surface area contributed by atoms with Crippen molar-refractivity contribution in [3.05, 3.63) is 54.6 Å². The van der Waals surface area contributed by atoms with E-state index in [-0.39, 0.29) is 24.4 Å². The topological polar surface area (TPSA) is 89.5 Å². The van der Waals surface area contributed by atoms with E-state index in [4.69, 9.17) is 27.5 Å². The van der Waals surface area contributed by atoms with Gasteiger partial charge in [0.1, 0.15) is 6.61 Å². The van der Waals surface area contributed by atoms with Gasteiger partial charge in [-0.1, -0.05) is 86.4 Å². The van der Waals surface area contributed by atoms with Crippen molar-refractivity contribution in [3.8, 4) is 0 Å². The summed E-state index contributed by atoms with van der Waals surface area (Å²) in [7, 11) is -1.05. The second kappa shape index (κ2) is 17.2. The minimum absolute atomic E-state index is 0.104. The maximum atomic E-state index is 12.1. The fourth-order valence-corrected chi connectivity index (χ4v) is 16.8. The lowest BCUT2D eigenvalue weighted by molar-refractivity contribution is -0.157. The highest BCUT2D eigenvalue weighted by Gasteiger charge is 2.40. The fraction of sp³-hybridized carbons (Fsp3) is 0.586. The Morgan fingerprint density at radius 1 is 0.775 bits per heavy atom. The molecule has 0 fully saturated rings. The predicted molar refractivity (Wildman–Crippen MR) is 167 cm³/mol. The largest absolute Gasteiger partial charge is 0.499 e. The molecule has 2 unspecified atom stereocenters. The highest BCUT2D eigenvalue weighted by molar-refractivity contribution is 6.92. The molecule has 1 rings (SSSR count). The van der Waals surface area contributed by atoms with Crippen molar-refractivity contribution >= 4 is 42.1 Å². The van der Waals surface area contributed by atoms with Gasteiger partial charge in [0.25, 0.3) is 0 Å². The number of carbonyl (C=O) groups excluding carboxylic acids is 2. The van der Waals surface area contributed by atoms with Crippen LogP contribution < -0.4 is 5.19 Å². The van der Waals surface area contributed by atoms with Crippen LogP contribution in [-0.4, -0.2) is 84.1 Å². The Kier molecular flexibility index (Phi) is 15.5. The highest BCUT2D eigenvalue weighted by Crippen LogP contribution is 2.30. The molecule has 0 spiro atoms. The smallest absolute Gasteiger partial charge is 0.458 e. The van der Waals surface area contributed by atoms with Gasteiger partial charge in [0.2, 0.25) is 0 Å². The summed E-state index contributed by atoms with van der Waals surface area (Å²) in [4.78, 5) is 24.0. The van der Waals surface area contributed by atoms with Crippen LogP contribution in [0.15, 0.2) is 54.6 Å². The average Bonchev–Trinajstić information content (AvgIpc) is 2.94. The summed E-state index contributed by atoms with van der Waals surface area (Å²) in [5.41, 5.74) is 0.551. The van der Waals surface area contributed by atoms with E-state index in [0.717, 1.165) is 24.2 Å². The van der Waals surface area contributed by atoms with Crippen molar-refractivity contribution in [3.63, 3.8) is 0 Å². The Balaban J connectivity index is 2.87. The molecule has 2 atom stereocenters. The Hall–Kier alpha value is -1.87.